The van der Waals surface area contributed by atoms with Crippen molar-refractivity contribution in [3.05, 3.63) is 35.9 Å². The fourth-order valence-corrected chi connectivity index (χ4v) is 2.57. The SMILES string of the molecule is CC1CN(C(=O)CNC(=O)c2ccccc2)CC(C)N1C. The number of hydrogen-bond donors (Lipinski definition) is 1. The highest BCUT2D eigenvalue weighted by atomic mass is 16.2. The van der Waals surface area contributed by atoms with Crippen molar-refractivity contribution in [3.8, 4) is 0 Å². The lowest BCUT2D eigenvalue weighted by atomic mass is 10.1. The van der Waals surface area contributed by atoms with Crippen molar-refractivity contribution >= 4 is 11.8 Å². The van der Waals surface area contributed by atoms with Gasteiger partial charge in [-0.15, -0.1) is 0 Å². The first-order chi connectivity index (χ1) is 9.99. The van der Waals surface area contributed by atoms with Crippen LogP contribution < -0.4 is 5.32 Å². The van der Waals surface area contributed by atoms with Crippen LogP contribution >= 0.6 is 0 Å². The molecule has 5 heteroatoms. The van der Waals surface area contributed by atoms with E-state index in [4.69, 9.17) is 0 Å². The maximum atomic E-state index is 12.2. The number of amides is 2. The lowest BCUT2D eigenvalue weighted by Crippen LogP contribution is -2.57. The molecule has 0 radical (unpaired) electrons. The Balaban J connectivity index is 1.86. The second kappa shape index (κ2) is 6.72. The summed E-state index contributed by atoms with van der Waals surface area (Å²) in [4.78, 5) is 28.3. The number of piperazine rings is 1. The van der Waals surface area contributed by atoms with Gasteiger partial charge in [-0.1, -0.05) is 18.2 Å². The van der Waals surface area contributed by atoms with E-state index in [0.29, 0.717) is 30.7 Å². The van der Waals surface area contributed by atoms with Crippen LogP contribution in [-0.2, 0) is 4.79 Å². The highest BCUT2D eigenvalue weighted by Crippen LogP contribution is 2.13. The number of rotatable bonds is 3. The average Bonchev–Trinajstić information content (AvgIpc) is 2.50. The number of carbonyl (C=O) groups excluding carboxylic acids is 2. The van der Waals surface area contributed by atoms with Gasteiger partial charge in [0.15, 0.2) is 0 Å². The molecule has 1 fully saturated rings. The summed E-state index contributed by atoms with van der Waals surface area (Å²) in [6.45, 7) is 5.69. The van der Waals surface area contributed by atoms with Gasteiger partial charge in [0.2, 0.25) is 5.91 Å². The molecule has 1 aliphatic rings. The number of likely N-dealkylation sites (N-methyl/N-ethyl adjacent to an activating group) is 1. The fourth-order valence-electron chi connectivity index (χ4n) is 2.57. The van der Waals surface area contributed by atoms with Crippen molar-refractivity contribution in [2.45, 2.75) is 25.9 Å². The van der Waals surface area contributed by atoms with Crippen molar-refractivity contribution in [3.63, 3.8) is 0 Å². The first kappa shape index (κ1) is 15.5. The van der Waals surface area contributed by atoms with Gasteiger partial charge in [0.1, 0.15) is 0 Å². The molecule has 1 aromatic rings. The number of nitrogens with zero attached hydrogens (tertiary/aromatic N) is 2. The van der Waals surface area contributed by atoms with Crippen molar-refractivity contribution in [1.29, 1.82) is 0 Å². The van der Waals surface area contributed by atoms with E-state index in [2.05, 4.69) is 31.1 Å². The Bertz CT molecular complexity index is 492. The van der Waals surface area contributed by atoms with E-state index >= 15 is 0 Å². The largest absolute Gasteiger partial charge is 0.343 e. The second-order valence-electron chi connectivity index (χ2n) is 5.71. The molecule has 0 aromatic heterocycles. The second-order valence-corrected chi connectivity index (χ2v) is 5.71. The first-order valence-electron chi connectivity index (χ1n) is 7.32. The van der Waals surface area contributed by atoms with Gasteiger partial charge in [-0.25, -0.2) is 0 Å². The molecule has 2 atom stereocenters. The number of benzene rings is 1. The molecule has 1 N–H and O–H groups in total. The Labute approximate surface area is 125 Å². The lowest BCUT2D eigenvalue weighted by molar-refractivity contribution is -0.134. The predicted molar refractivity (Wildman–Crippen MR) is 82.0 cm³/mol. The number of hydrogen-bond acceptors (Lipinski definition) is 3. The molecule has 0 saturated carbocycles. The maximum Gasteiger partial charge on any atom is 0.251 e. The Hall–Kier alpha value is -1.88. The molecular weight excluding hydrogens is 266 g/mol. The van der Waals surface area contributed by atoms with Gasteiger partial charge in [-0.2, -0.15) is 0 Å². The minimum atomic E-state index is -0.209. The molecule has 2 amide bonds. The van der Waals surface area contributed by atoms with Gasteiger partial charge in [0, 0.05) is 30.7 Å². The normalized spacial score (nSPS) is 22.9. The highest BCUT2D eigenvalue weighted by Gasteiger charge is 2.29. The summed E-state index contributed by atoms with van der Waals surface area (Å²) in [5.74, 6) is -0.231. The Morgan fingerprint density at radius 3 is 2.29 bits per heavy atom. The number of carbonyl (C=O) groups is 2. The first-order valence-corrected chi connectivity index (χ1v) is 7.32. The van der Waals surface area contributed by atoms with E-state index in [1.54, 1.807) is 24.3 Å². The molecule has 1 saturated heterocycles. The standard InChI is InChI=1S/C16H23N3O2/c1-12-10-19(11-13(2)18(12)3)15(20)9-17-16(21)14-7-5-4-6-8-14/h4-8,12-13H,9-11H2,1-3H3,(H,17,21). The molecule has 0 bridgehead atoms. The number of nitrogens with one attached hydrogen (secondary N) is 1. The molecule has 0 spiro atoms. The lowest BCUT2D eigenvalue weighted by Gasteiger charge is -2.42. The minimum Gasteiger partial charge on any atom is -0.343 e. The van der Waals surface area contributed by atoms with Gasteiger partial charge in [0.25, 0.3) is 5.91 Å². The van der Waals surface area contributed by atoms with E-state index in [-0.39, 0.29) is 18.4 Å². The summed E-state index contributed by atoms with van der Waals surface area (Å²) in [6, 6.07) is 9.61. The van der Waals surface area contributed by atoms with Gasteiger partial charge in [-0.05, 0) is 33.0 Å². The van der Waals surface area contributed by atoms with Crippen LogP contribution in [-0.4, -0.2) is 60.4 Å². The highest BCUT2D eigenvalue weighted by molar-refractivity contribution is 5.96. The Kier molecular flexibility index (Phi) is 4.96. The molecule has 2 unspecified atom stereocenters. The van der Waals surface area contributed by atoms with Crippen LogP contribution in [0, 0.1) is 0 Å². The Morgan fingerprint density at radius 2 is 1.71 bits per heavy atom. The van der Waals surface area contributed by atoms with Crippen LogP contribution in [0.25, 0.3) is 0 Å². The van der Waals surface area contributed by atoms with Crippen molar-refractivity contribution in [1.82, 2.24) is 15.1 Å². The molecule has 0 aliphatic carbocycles. The third kappa shape index (κ3) is 3.82. The molecule has 1 aromatic carbocycles. The van der Waals surface area contributed by atoms with E-state index in [9.17, 15) is 9.59 Å². The van der Waals surface area contributed by atoms with Crippen LogP contribution in [0.2, 0.25) is 0 Å². The van der Waals surface area contributed by atoms with Gasteiger partial charge in [0.05, 0.1) is 6.54 Å². The van der Waals surface area contributed by atoms with Crippen LogP contribution in [0.4, 0.5) is 0 Å². The van der Waals surface area contributed by atoms with Crippen LogP contribution in [0.15, 0.2) is 30.3 Å². The van der Waals surface area contributed by atoms with E-state index in [1.165, 1.54) is 0 Å². The predicted octanol–water partition coefficient (Wildman–Crippen LogP) is 0.967. The third-order valence-corrected chi connectivity index (χ3v) is 4.15. The van der Waals surface area contributed by atoms with E-state index < -0.39 is 0 Å². The quantitative estimate of drug-likeness (QED) is 0.902. The van der Waals surface area contributed by atoms with Crippen LogP contribution in [0.3, 0.4) is 0 Å². The van der Waals surface area contributed by atoms with Crippen molar-refractivity contribution in [2.75, 3.05) is 26.7 Å². The maximum absolute atomic E-state index is 12.2. The zero-order valence-electron chi connectivity index (χ0n) is 12.9. The van der Waals surface area contributed by atoms with Gasteiger partial charge < -0.3 is 10.2 Å². The molecular formula is C16H23N3O2. The van der Waals surface area contributed by atoms with Crippen molar-refractivity contribution in [2.24, 2.45) is 0 Å². The average molecular weight is 289 g/mol. The van der Waals surface area contributed by atoms with Crippen LogP contribution in [0.5, 0.6) is 0 Å². The summed E-state index contributed by atoms with van der Waals surface area (Å²) in [5, 5.41) is 2.69. The molecule has 2 rings (SSSR count). The molecule has 1 aliphatic heterocycles. The summed E-state index contributed by atoms with van der Waals surface area (Å²) < 4.78 is 0. The summed E-state index contributed by atoms with van der Waals surface area (Å²) in [5.41, 5.74) is 0.574. The minimum absolute atomic E-state index is 0.0221. The van der Waals surface area contributed by atoms with Crippen molar-refractivity contribution < 1.29 is 9.59 Å². The summed E-state index contributed by atoms with van der Waals surface area (Å²) in [6.07, 6.45) is 0. The summed E-state index contributed by atoms with van der Waals surface area (Å²) >= 11 is 0. The van der Waals surface area contributed by atoms with E-state index in [0.717, 1.165) is 0 Å². The smallest absolute Gasteiger partial charge is 0.251 e. The zero-order chi connectivity index (χ0) is 15.4. The molecule has 114 valence electrons. The third-order valence-electron chi connectivity index (χ3n) is 4.15. The monoisotopic (exact) mass is 289 g/mol. The zero-order valence-corrected chi connectivity index (χ0v) is 12.9. The fraction of sp³-hybridized carbons (Fsp3) is 0.500. The topological polar surface area (TPSA) is 52.7 Å². The molecule has 21 heavy (non-hydrogen) atoms. The molecule has 1 heterocycles. The summed E-state index contributed by atoms with van der Waals surface area (Å²) in [7, 11) is 2.08. The van der Waals surface area contributed by atoms with Crippen LogP contribution in [0.1, 0.15) is 24.2 Å². The Morgan fingerprint density at radius 1 is 1.14 bits per heavy atom. The van der Waals surface area contributed by atoms with Gasteiger partial charge >= 0.3 is 0 Å². The van der Waals surface area contributed by atoms with E-state index in [1.807, 2.05) is 11.0 Å². The van der Waals surface area contributed by atoms with Gasteiger partial charge in [-0.3, -0.25) is 14.5 Å². The molecule has 5 nitrogen and oxygen atoms in total.